The first-order valence-electron chi connectivity index (χ1n) is 10.5. The predicted molar refractivity (Wildman–Crippen MR) is 128 cm³/mol. The van der Waals surface area contributed by atoms with Crippen molar-refractivity contribution in [1.29, 1.82) is 0 Å². The molecule has 3 rings (SSSR count). The second-order valence-electron chi connectivity index (χ2n) is 8.60. The van der Waals surface area contributed by atoms with Crippen LogP contribution in [0.4, 0.5) is 8.78 Å². The molecule has 2 unspecified atom stereocenters. The van der Waals surface area contributed by atoms with E-state index in [2.05, 4.69) is 9.97 Å². The molecule has 0 saturated carbocycles. The van der Waals surface area contributed by atoms with Crippen LogP contribution in [0, 0.1) is 11.6 Å². The molecular weight excluding hydrogens is 473 g/mol. The van der Waals surface area contributed by atoms with E-state index in [9.17, 15) is 8.78 Å². The van der Waals surface area contributed by atoms with Crippen molar-refractivity contribution in [2.45, 2.75) is 58.3 Å². The molecule has 0 aliphatic heterocycles. The normalized spacial score (nSPS) is 13.4. The van der Waals surface area contributed by atoms with Gasteiger partial charge >= 0.3 is 0 Å². The van der Waals surface area contributed by atoms with Gasteiger partial charge in [-0.15, -0.1) is 0 Å². The molecule has 0 radical (unpaired) electrons. The largest absolute Gasteiger partial charge is 0.244 e. The molecular formula is C25H25Cl3F2N2. The van der Waals surface area contributed by atoms with E-state index in [0.29, 0.717) is 18.0 Å². The third-order valence-electron chi connectivity index (χ3n) is 5.73. The van der Waals surface area contributed by atoms with Crippen LogP contribution < -0.4 is 0 Å². The van der Waals surface area contributed by atoms with Crippen molar-refractivity contribution in [3.8, 4) is 0 Å². The van der Waals surface area contributed by atoms with Gasteiger partial charge in [0.05, 0.1) is 5.02 Å². The summed E-state index contributed by atoms with van der Waals surface area (Å²) in [5.74, 6) is -0.732. The van der Waals surface area contributed by atoms with Crippen LogP contribution in [0.15, 0.2) is 36.7 Å². The highest BCUT2D eigenvalue weighted by Gasteiger charge is 2.18. The van der Waals surface area contributed by atoms with Crippen molar-refractivity contribution in [3.05, 3.63) is 91.4 Å². The molecule has 0 aliphatic carbocycles. The van der Waals surface area contributed by atoms with E-state index >= 15 is 0 Å². The molecule has 7 heteroatoms. The Bertz CT molecular complexity index is 1120. The fraction of sp³-hybridized carbons (Fsp3) is 0.360. The first-order valence-corrected chi connectivity index (χ1v) is 11.6. The Balaban J connectivity index is 1.83. The number of hydrogen-bond acceptors (Lipinski definition) is 2. The molecule has 0 fully saturated rings. The summed E-state index contributed by atoms with van der Waals surface area (Å²) in [6.45, 7) is 8.06. The van der Waals surface area contributed by atoms with Crippen molar-refractivity contribution in [2.75, 3.05) is 0 Å². The van der Waals surface area contributed by atoms with Crippen molar-refractivity contribution < 1.29 is 8.78 Å². The van der Waals surface area contributed by atoms with Crippen LogP contribution >= 0.6 is 34.8 Å². The number of aromatic nitrogens is 2. The predicted octanol–water partition coefficient (Wildman–Crippen LogP) is 8.53. The Kier molecular flexibility index (Phi) is 8.13. The molecule has 2 aromatic heterocycles. The van der Waals surface area contributed by atoms with Gasteiger partial charge in [0.2, 0.25) is 0 Å². The van der Waals surface area contributed by atoms with Crippen LogP contribution in [0.3, 0.4) is 0 Å². The van der Waals surface area contributed by atoms with Gasteiger partial charge in [-0.3, -0.25) is 0 Å². The van der Waals surface area contributed by atoms with Crippen molar-refractivity contribution in [3.63, 3.8) is 0 Å². The molecule has 170 valence electrons. The Labute approximate surface area is 203 Å². The molecule has 2 atom stereocenters. The highest BCUT2D eigenvalue weighted by molar-refractivity contribution is 6.31. The van der Waals surface area contributed by atoms with Gasteiger partial charge in [-0.2, -0.15) is 0 Å². The van der Waals surface area contributed by atoms with Crippen LogP contribution in [-0.4, -0.2) is 9.97 Å². The molecule has 2 nitrogen and oxygen atoms in total. The topological polar surface area (TPSA) is 25.8 Å². The monoisotopic (exact) mass is 496 g/mol. The summed E-state index contributed by atoms with van der Waals surface area (Å²) in [6, 6.07) is 6.87. The van der Waals surface area contributed by atoms with Gasteiger partial charge in [-0.1, -0.05) is 74.6 Å². The molecule has 32 heavy (non-hydrogen) atoms. The van der Waals surface area contributed by atoms with Gasteiger partial charge in [0.25, 0.3) is 0 Å². The summed E-state index contributed by atoms with van der Waals surface area (Å²) in [7, 11) is 0. The van der Waals surface area contributed by atoms with E-state index in [0.717, 1.165) is 27.8 Å². The Morgan fingerprint density at radius 3 is 1.78 bits per heavy atom. The van der Waals surface area contributed by atoms with Crippen LogP contribution in [0.5, 0.6) is 0 Å². The summed E-state index contributed by atoms with van der Waals surface area (Å²) < 4.78 is 28.1. The minimum Gasteiger partial charge on any atom is -0.244 e. The van der Waals surface area contributed by atoms with Crippen LogP contribution in [0.1, 0.15) is 73.3 Å². The SMILES string of the molecule is CC(C)c1cc(F)c(Cl)c(CC(C)c2cnc(Cl)c(CC(C)c3cnc(Cl)c(F)c3)c2)c1. The van der Waals surface area contributed by atoms with Gasteiger partial charge in [-0.25, -0.2) is 18.7 Å². The van der Waals surface area contributed by atoms with Crippen LogP contribution in [0.2, 0.25) is 15.3 Å². The van der Waals surface area contributed by atoms with Gasteiger partial charge < -0.3 is 0 Å². The van der Waals surface area contributed by atoms with Gasteiger partial charge in [0, 0.05) is 12.4 Å². The van der Waals surface area contributed by atoms with E-state index in [1.54, 1.807) is 12.4 Å². The van der Waals surface area contributed by atoms with E-state index in [1.165, 1.54) is 12.1 Å². The number of nitrogens with zero attached hydrogens (tertiary/aromatic N) is 2. The number of hydrogen-bond donors (Lipinski definition) is 0. The van der Waals surface area contributed by atoms with E-state index < -0.39 is 11.6 Å². The Morgan fingerprint density at radius 2 is 1.19 bits per heavy atom. The molecule has 1 aromatic carbocycles. The van der Waals surface area contributed by atoms with Crippen molar-refractivity contribution in [2.24, 2.45) is 0 Å². The van der Waals surface area contributed by atoms with Gasteiger partial charge in [-0.05, 0) is 70.5 Å². The van der Waals surface area contributed by atoms with E-state index in [-0.39, 0.29) is 27.9 Å². The van der Waals surface area contributed by atoms with E-state index in [1.807, 2.05) is 39.8 Å². The summed E-state index contributed by atoms with van der Waals surface area (Å²) in [6.07, 6.45) is 4.44. The lowest BCUT2D eigenvalue weighted by molar-refractivity contribution is 0.613. The fourth-order valence-corrected chi connectivity index (χ4v) is 4.15. The Hall–Kier alpha value is -1.75. The standard InChI is InChI=1S/C25H25Cl3F2N2/c1-13(2)16-7-17(23(26)21(29)9-16)5-14(3)19-8-18(24(27)31-11-19)6-15(4)20-10-22(30)25(28)32-12-20/h7-15H,5-6H2,1-4H3. The molecule has 0 aliphatic rings. The second-order valence-corrected chi connectivity index (χ2v) is 9.69. The number of benzene rings is 1. The highest BCUT2D eigenvalue weighted by atomic mass is 35.5. The maximum Gasteiger partial charge on any atom is 0.164 e. The minimum absolute atomic E-state index is 0.0367. The first-order chi connectivity index (χ1) is 15.1. The summed E-state index contributed by atoms with van der Waals surface area (Å²) in [4.78, 5) is 8.24. The second kappa shape index (κ2) is 10.5. The molecule has 0 saturated heterocycles. The zero-order valence-electron chi connectivity index (χ0n) is 18.4. The quantitative estimate of drug-likeness (QED) is 0.306. The fourth-order valence-electron chi connectivity index (χ4n) is 3.68. The van der Waals surface area contributed by atoms with Crippen LogP contribution in [0.25, 0.3) is 0 Å². The van der Waals surface area contributed by atoms with Crippen molar-refractivity contribution in [1.82, 2.24) is 9.97 Å². The van der Waals surface area contributed by atoms with Crippen LogP contribution in [-0.2, 0) is 12.8 Å². The number of halogens is 5. The minimum atomic E-state index is -0.546. The summed E-state index contributed by atoms with van der Waals surface area (Å²) >= 11 is 18.3. The molecule has 3 aromatic rings. The first kappa shape index (κ1) is 24.9. The molecule has 0 spiro atoms. The summed E-state index contributed by atoms with van der Waals surface area (Å²) in [5.41, 5.74) is 4.25. The number of pyridine rings is 2. The third-order valence-corrected chi connectivity index (χ3v) is 6.77. The third kappa shape index (κ3) is 5.78. The van der Waals surface area contributed by atoms with E-state index in [4.69, 9.17) is 34.8 Å². The highest BCUT2D eigenvalue weighted by Crippen LogP contribution is 2.32. The smallest absolute Gasteiger partial charge is 0.164 e. The zero-order valence-corrected chi connectivity index (χ0v) is 20.7. The van der Waals surface area contributed by atoms with Gasteiger partial charge in [0.1, 0.15) is 11.0 Å². The molecule has 0 N–H and O–H groups in total. The maximum absolute atomic E-state index is 14.3. The average Bonchev–Trinajstić information content (AvgIpc) is 2.74. The summed E-state index contributed by atoms with van der Waals surface area (Å²) in [5, 5.41) is 0.420. The zero-order chi connectivity index (χ0) is 23.6. The molecule has 2 heterocycles. The lowest BCUT2D eigenvalue weighted by atomic mass is 9.90. The molecule has 0 bridgehead atoms. The number of rotatable bonds is 7. The maximum atomic E-state index is 14.3. The lowest BCUT2D eigenvalue weighted by Gasteiger charge is -2.18. The molecule has 0 amide bonds. The Morgan fingerprint density at radius 1 is 0.688 bits per heavy atom. The van der Waals surface area contributed by atoms with Crippen molar-refractivity contribution >= 4 is 34.8 Å². The lowest BCUT2D eigenvalue weighted by Crippen LogP contribution is -2.06. The van der Waals surface area contributed by atoms with Gasteiger partial charge in [0.15, 0.2) is 11.0 Å². The average molecular weight is 498 g/mol.